The Bertz CT molecular complexity index is 278. The summed E-state index contributed by atoms with van der Waals surface area (Å²) in [5.74, 6) is 2.73. The first-order valence-corrected chi connectivity index (χ1v) is 8.64. The molecule has 2 saturated carbocycles. The van der Waals surface area contributed by atoms with Gasteiger partial charge in [-0.05, 0) is 61.7 Å². The Morgan fingerprint density at radius 2 is 1.58 bits per heavy atom. The van der Waals surface area contributed by atoms with Crippen molar-refractivity contribution in [1.29, 1.82) is 0 Å². The van der Waals surface area contributed by atoms with Crippen LogP contribution in [0.2, 0.25) is 0 Å². The first-order valence-electron chi connectivity index (χ1n) is 8.64. The van der Waals surface area contributed by atoms with E-state index in [1.807, 2.05) is 0 Å². The van der Waals surface area contributed by atoms with E-state index >= 15 is 0 Å². The highest BCUT2D eigenvalue weighted by atomic mass is 15.0. The van der Waals surface area contributed by atoms with Gasteiger partial charge < -0.3 is 5.32 Å². The van der Waals surface area contributed by atoms with Crippen LogP contribution in [0.1, 0.15) is 79.6 Å². The van der Waals surface area contributed by atoms with E-state index < -0.39 is 0 Å². The minimum atomic E-state index is 0.504. The van der Waals surface area contributed by atoms with Crippen molar-refractivity contribution in [1.82, 2.24) is 5.32 Å². The summed E-state index contributed by atoms with van der Waals surface area (Å²) >= 11 is 0. The average molecular weight is 265 g/mol. The van der Waals surface area contributed by atoms with Gasteiger partial charge in [0.05, 0.1) is 0 Å². The molecule has 2 aliphatic carbocycles. The van der Waals surface area contributed by atoms with Gasteiger partial charge in [0, 0.05) is 12.1 Å². The Morgan fingerprint density at radius 1 is 0.842 bits per heavy atom. The van der Waals surface area contributed by atoms with Crippen molar-refractivity contribution >= 4 is 0 Å². The molecule has 0 aliphatic heterocycles. The number of rotatable bonds is 2. The summed E-state index contributed by atoms with van der Waals surface area (Å²) in [6, 6.07) is 1.59. The lowest BCUT2D eigenvalue weighted by Gasteiger charge is -2.30. The number of hydrogen-bond donors (Lipinski definition) is 1. The van der Waals surface area contributed by atoms with Crippen LogP contribution in [0.25, 0.3) is 0 Å². The minimum Gasteiger partial charge on any atom is -0.311 e. The van der Waals surface area contributed by atoms with E-state index in [9.17, 15) is 0 Å². The first kappa shape index (κ1) is 15.4. The summed E-state index contributed by atoms with van der Waals surface area (Å²) in [5, 5.41) is 4.01. The van der Waals surface area contributed by atoms with Gasteiger partial charge in [0.15, 0.2) is 0 Å². The zero-order chi connectivity index (χ0) is 14.0. The quantitative estimate of drug-likeness (QED) is 0.692. The normalized spacial score (nSPS) is 41.2. The summed E-state index contributed by atoms with van der Waals surface area (Å²) in [6.07, 6.45) is 9.94. The highest BCUT2D eigenvalue weighted by Crippen LogP contribution is 2.38. The van der Waals surface area contributed by atoms with Gasteiger partial charge in [0.2, 0.25) is 0 Å². The molecule has 0 saturated heterocycles. The lowest BCUT2D eigenvalue weighted by molar-refractivity contribution is 0.212. The molecule has 0 aromatic rings. The molecule has 1 heteroatoms. The molecular weight excluding hydrogens is 230 g/mol. The van der Waals surface area contributed by atoms with Gasteiger partial charge >= 0.3 is 0 Å². The molecule has 2 fully saturated rings. The van der Waals surface area contributed by atoms with Crippen LogP contribution in [0, 0.1) is 23.2 Å². The summed E-state index contributed by atoms with van der Waals surface area (Å²) in [6.45, 7) is 12.1. The van der Waals surface area contributed by atoms with Gasteiger partial charge in [-0.2, -0.15) is 0 Å². The molecule has 0 heterocycles. The van der Waals surface area contributed by atoms with Gasteiger partial charge in [-0.3, -0.25) is 0 Å². The second kappa shape index (κ2) is 6.16. The lowest BCUT2D eigenvalue weighted by Crippen LogP contribution is -2.40. The second-order valence-electron chi connectivity index (χ2n) is 8.46. The Hall–Kier alpha value is -0.0400. The van der Waals surface area contributed by atoms with Crippen molar-refractivity contribution in [2.75, 3.05) is 0 Å². The van der Waals surface area contributed by atoms with Crippen LogP contribution in [-0.2, 0) is 0 Å². The fraction of sp³-hybridized carbons (Fsp3) is 1.00. The van der Waals surface area contributed by atoms with Crippen LogP contribution in [0.5, 0.6) is 0 Å². The zero-order valence-corrected chi connectivity index (χ0v) is 13.8. The van der Waals surface area contributed by atoms with Crippen LogP contribution in [0.3, 0.4) is 0 Å². The van der Waals surface area contributed by atoms with Crippen molar-refractivity contribution in [2.24, 2.45) is 23.2 Å². The van der Waals surface area contributed by atoms with Crippen molar-refractivity contribution in [3.8, 4) is 0 Å². The lowest BCUT2D eigenvalue weighted by atomic mass is 9.76. The molecule has 19 heavy (non-hydrogen) atoms. The molecular formula is C18H35N. The van der Waals surface area contributed by atoms with E-state index in [0.717, 1.165) is 29.8 Å². The molecule has 0 aromatic carbocycles. The molecule has 0 bridgehead atoms. The summed E-state index contributed by atoms with van der Waals surface area (Å²) in [4.78, 5) is 0. The molecule has 1 N–H and O–H groups in total. The Labute approximate surface area is 120 Å². The van der Waals surface area contributed by atoms with Gasteiger partial charge in [-0.25, -0.2) is 0 Å². The molecule has 2 rings (SSSR count). The maximum absolute atomic E-state index is 4.01. The molecule has 0 aromatic heterocycles. The number of hydrogen-bond acceptors (Lipinski definition) is 1. The summed E-state index contributed by atoms with van der Waals surface area (Å²) < 4.78 is 0. The van der Waals surface area contributed by atoms with Crippen molar-refractivity contribution in [2.45, 2.75) is 91.6 Å². The van der Waals surface area contributed by atoms with Gasteiger partial charge in [-0.15, -0.1) is 0 Å². The second-order valence-corrected chi connectivity index (χ2v) is 8.46. The molecule has 1 nitrogen and oxygen atoms in total. The third-order valence-electron chi connectivity index (χ3n) is 6.11. The van der Waals surface area contributed by atoms with E-state index in [0.29, 0.717) is 5.41 Å². The molecule has 0 radical (unpaired) electrons. The third-order valence-corrected chi connectivity index (χ3v) is 6.11. The number of nitrogens with one attached hydrogen (secondary N) is 1. The van der Waals surface area contributed by atoms with Gasteiger partial charge in [0.1, 0.15) is 0 Å². The van der Waals surface area contributed by atoms with E-state index in [1.165, 1.54) is 44.9 Å². The van der Waals surface area contributed by atoms with Crippen molar-refractivity contribution in [3.63, 3.8) is 0 Å². The van der Waals surface area contributed by atoms with Gasteiger partial charge in [-0.1, -0.05) is 41.0 Å². The molecule has 0 spiro atoms. The van der Waals surface area contributed by atoms with E-state index in [-0.39, 0.29) is 0 Å². The van der Waals surface area contributed by atoms with E-state index in [2.05, 4.69) is 39.9 Å². The SMILES string of the molecule is CC1CCC(NC2CCCC(C(C)(C)C)CC2)C1C. The van der Waals surface area contributed by atoms with Crippen LogP contribution in [0.4, 0.5) is 0 Å². The topological polar surface area (TPSA) is 12.0 Å². The largest absolute Gasteiger partial charge is 0.311 e. The van der Waals surface area contributed by atoms with Crippen molar-refractivity contribution in [3.05, 3.63) is 0 Å². The maximum Gasteiger partial charge on any atom is 0.00979 e. The fourth-order valence-corrected chi connectivity index (χ4v) is 4.24. The predicted octanol–water partition coefficient (Wildman–Crippen LogP) is 5.01. The monoisotopic (exact) mass is 265 g/mol. The fourth-order valence-electron chi connectivity index (χ4n) is 4.24. The van der Waals surface area contributed by atoms with Crippen molar-refractivity contribution < 1.29 is 0 Å². The van der Waals surface area contributed by atoms with Crippen LogP contribution in [-0.4, -0.2) is 12.1 Å². The third kappa shape index (κ3) is 3.97. The van der Waals surface area contributed by atoms with E-state index in [4.69, 9.17) is 0 Å². The standard InChI is InChI=1S/C18H35N/c1-13-9-12-17(14(13)2)19-16-8-6-7-15(10-11-16)18(3,4)5/h13-17,19H,6-12H2,1-5H3. The van der Waals surface area contributed by atoms with Gasteiger partial charge in [0.25, 0.3) is 0 Å². The highest BCUT2D eigenvalue weighted by molar-refractivity contribution is 4.89. The molecule has 0 amide bonds. The first-order chi connectivity index (χ1) is 8.88. The van der Waals surface area contributed by atoms with Crippen LogP contribution < -0.4 is 5.32 Å². The molecule has 5 unspecified atom stereocenters. The predicted molar refractivity (Wildman–Crippen MR) is 84.3 cm³/mol. The summed E-state index contributed by atoms with van der Waals surface area (Å²) in [5.41, 5.74) is 0.504. The van der Waals surface area contributed by atoms with Crippen LogP contribution >= 0.6 is 0 Å². The zero-order valence-electron chi connectivity index (χ0n) is 13.8. The Morgan fingerprint density at radius 3 is 2.16 bits per heavy atom. The highest BCUT2D eigenvalue weighted by Gasteiger charge is 2.33. The smallest absolute Gasteiger partial charge is 0.00979 e. The van der Waals surface area contributed by atoms with Crippen LogP contribution in [0.15, 0.2) is 0 Å². The molecule has 2 aliphatic rings. The Kier molecular flexibility index (Phi) is 4.98. The van der Waals surface area contributed by atoms with E-state index in [1.54, 1.807) is 0 Å². The summed E-state index contributed by atoms with van der Waals surface area (Å²) in [7, 11) is 0. The maximum atomic E-state index is 4.01. The average Bonchev–Trinajstić information content (AvgIpc) is 2.57. The minimum absolute atomic E-state index is 0.504. The molecule has 112 valence electrons. The Balaban J connectivity index is 1.83. The molecule has 5 atom stereocenters.